The first kappa shape index (κ1) is 15.2. The number of carbonyl (C=O) groups excluding carboxylic acids is 1. The molecule has 0 aromatic rings. The van der Waals surface area contributed by atoms with E-state index in [1.165, 1.54) is 19.3 Å². The smallest absolute Gasteiger partial charge is 0.407 e. The lowest BCUT2D eigenvalue weighted by atomic mass is 9.97. The van der Waals surface area contributed by atoms with Crippen molar-refractivity contribution in [2.75, 3.05) is 6.61 Å². The van der Waals surface area contributed by atoms with Crippen LogP contribution in [0.25, 0.3) is 0 Å². The van der Waals surface area contributed by atoms with Crippen molar-refractivity contribution in [1.82, 2.24) is 5.32 Å². The second-order valence-corrected chi connectivity index (χ2v) is 6.89. The summed E-state index contributed by atoms with van der Waals surface area (Å²) in [6.07, 6.45) is 7.57. The lowest BCUT2D eigenvalue weighted by molar-refractivity contribution is 0.142. The molecule has 0 saturated heterocycles. The van der Waals surface area contributed by atoms with Crippen molar-refractivity contribution in [3.63, 3.8) is 0 Å². The van der Waals surface area contributed by atoms with E-state index in [-0.39, 0.29) is 12.6 Å². The van der Waals surface area contributed by atoms with Crippen molar-refractivity contribution >= 4 is 40.9 Å². The van der Waals surface area contributed by atoms with Crippen LogP contribution in [0.15, 0.2) is 0 Å². The van der Waals surface area contributed by atoms with Crippen LogP contribution >= 0.6 is 34.8 Å². The third-order valence-electron chi connectivity index (χ3n) is 2.79. The van der Waals surface area contributed by atoms with Gasteiger partial charge in [0, 0.05) is 6.04 Å². The molecule has 1 aliphatic rings. The van der Waals surface area contributed by atoms with Gasteiger partial charge in [0.2, 0.25) is 3.79 Å². The van der Waals surface area contributed by atoms with Crippen LogP contribution in [0.3, 0.4) is 0 Å². The first-order valence-electron chi connectivity index (χ1n) is 5.97. The summed E-state index contributed by atoms with van der Waals surface area (Å²) < 4.78 is 3.29. The maximum Gasteiger partial charge on any atom is 0.407 e. The zero-order valence-electron chi connectivity index (χ0n) is 9.68. The average molecular weight is 303 g/mol. The summed E-state index contributed by atoms with van der Waals surface area (Å²) in [5.41, 5.74) is 0. The third-order valence-corrected chi connectivity index (χ3v) is 3.12. The summed E-state index contributed by atoms with van der Waals surface area (Å²) in [7, 11) is 0. The van der Waals surface area contributed by atoms with E-state index in [0.29, 0.717) is 0 Å². The quantitative estimate of drug-likeness (QED) is 0.777. The predicted octanol–water partition coefficient (Wildman–Crippen LogP) is 4.20. The van der Waals surface area contributed by atoms with Gasteiger partial charge in [-0.1, -0.05) is 66.9 Å². The van der Waals surface area contributed by atoms with Crippen molar-refractivity contribution in [1.29, 1.82) is 0 Å². The van der Waals surface area contributed by atoms with E-state index in [4.69, 9.17) is 39.5 Å². The Hall–Kier alpha value is 0.140. The first-order chi connectivity index (χ1) is 7.97. The number of nitrogens with one attached hydrogen (secondary N) is 1. The highest BCUT2D eigenvalue weighted by Crippen LogP contribution is 2.26. The summed E-state index contributed by atoms with van der Waals surface area (Å²) in [6, 6.07) is 0.193. The van der Waals surface area contributed by atoms with Gasteiger partial charge in [0.05, 0.1) is 0 Å². The fraction of sp³-hybridized carbons (Fsp3) is 0.909. The molecule has 3 nitrogen and oxygen atoms in total. The number of hydrogen-bond acceptors (Lipinski definition) is 2. The van der Waals surface area contributed by atoms with Crippen molar-refractivity contribution in [2.45, 2.75) is 54.8 Å². The van der Waals surface area contributed by atoms with Gasteiger partial charge in [0.1, 0.15) is 6.61 Å². The Bertz CT molecular complexity index is 235. The summed E-state index contributed by atoms with van der Waals surface area (Å²) in [4.78, 5) is 11.4. The number of ether oxygens (including phenoxy) is 1. The highest BCUT2D eigenvalue weighted by molar-refractivity contribution is 6.67. The SMILES string of the molecule is O=C(NC1CCCCCCC1)OCC(Cl)(Cl)Cl. The van der Waals surface area contributed by atoms with E-state index < -0.39 is 9.89 Å². The molecule has 0 radical (unpaired) electrons. The van der Waals surface area contributed by atoms with Gasteiger partial charge in [-0.15, -0.1) is 0 Å². The minimum Gasteiger partial charge on any atom is -0.445 e. The van der Waals surface area contributed by atoms with E-state index in [9.17, 15) is 4.79 Å². The highest BCUT2D eigenvalue weighted by atomic mass is 35.6. The zero-order chi connectivity index (χ0) is 12.7. The van der Waals surface area contributed by atoms with Gasteiger partial charge in [-0.05, 0) is 12.8 Å². The van der Waals surface area contributed by atoms with Gasteiger partial charge < -0.3 is 10.1 Å². The van der Waals surface area contributed by atoms with Crippen LogP contribution in [0.5, 0.6) is 0 Å². The second kappa shape index (κ2) is 7.55. The van der Waals surface area contributed by atoms with E-state index >= 15 is 0 Å². The fourth-order valence-electron chi connectivity index (χ4n) is 1.96. The summed E-state index contributed by atoms with van der Waals surface area (Å²) in [6.45, 7) is -0.226. The van der Waals surface area contributed by atoms with Crippen molar-refractivity contribution in [3.05, 3.63) is 0 Å². The standard InChI is InChI=1S/C11H18Cl3NO2/c12-11(13,14)8-17-10(16)15-9-6-4-2-1-3-5-7-9/h9H,1-8H2,(H,15,16). The van der Waals surface area contributed by atoms with Gasteiger partial charge in [0.25, 0.3) is 0 Å². The zero-order valence-corrected chi connectivity index (χ0v) is 12.0. The van der Waals surface area contributed by atoms with Gasteiger partial charge in [-0.25, -0.2) is 4.79 Å². The van der Waals surface area contributed by atoms with Crippen LogP contribution in [0, 0.1) is 0 Å². The van der Waals surface area contributed by atoms with Crippen LogP contribution in [0.2, 0.25) is 0 Å². The van der Waals surface area contributed by atoms with E-state index in [0.717, 1.165) is 25.7 Å². The number of alkyl carbamates (subject to hydrolysis) is 1. The lowest BCUT2D eigenvalue weighted by Gasteiger charge is -2.21. The fourth-order valence-corrected chi connectivity index (χ4v) is 2.12. The topological polar surface area (TPSA) is 38.3 Å². The molecule has 1 saturated carbocycles. The molecule has 0 spiro atoms. The van der Waals surface area contributed by atoms with E-state index in [2.05, 4.69) is 5.32 Å². The summed E-state index contributed by atoms with van der Waals surface area (Å²) in [5.74, 6) is 0. The summed E-state index contributed by atoms with van der Waals surface area (Å²) in [5, 5.41) is 2.82. The van der Waals surface area contributed by atoms with Crippen molar-refractivity contribution in [2.24, 2.45) is 0 Å². The van der Waals surface area contributed by atoms with Crippen molar-refractivity contribution in [3.8, 4) is 0 Å². The molecule has 1 rings (SSSR count). The van der Waals surface area contributed by atoms with Crippen LogP contribution in [0.1, 0.15) is 44.9 Å². The molecule has 6 heteroatoms. The average Bonchev–Trinajstić information content (AvgIpc) is 2.18. The molecule has 0 heterocycles. The Morgan fingerprint density at radius 2 is 1.65 bits per heavy atom. The van der Waals surface area contributed by atoms with E-state index in [1.54, 1.807) is 0 Å². The first-order valence-corrected chi connectivity index (χ1v) is 7.11. The van der Waals surface area contributed by atoms with Crippen LogP contribution in [0.4, 0.5) is 4.79 Å². The number of alkyl halides is 3. The molecule has 0 aromatic heterocycles. The maximum absolute atomic E-state index is 11.4. The number of rotatable bonds is 2. The Kier molecular flexibility index (Phi) is 6.75. The minimum atomic E-state index is -1.54. The lowest BCUT2D eigenvalue weighted by Crippen LogP contribution is -2.37. The second-order valence-electron chi connectivity index (χ2n) is 4.38. The number of amides is 1. The molecule has 0 atom stereocenters. The molecule has 17 heavy (non-hydrogen) atoms. The van der Waals surface area contributed by atoms with Gasteiger partial charge >= 0.3 is 6.09 Å². The highest BCUT2D eigenvalue weighted by Gasteiger charge is 2.23. The molecule has 0 aliphatic heterocycles. The Morgan fingerprint density at radius 1 is 1.12 bits per heavy atom. The molecule has 0 bridgehead atoms. The van der Waals surface area contributed by atoms with Crippen LogP contribution < -0.4 is 5.32 Å². The van der Waals surface area contributed by atoms with Gasteiger partial charge in [0.15, 0.2) is 0 Å². The number of hydrogen-bond donors (Lipinski definition) is 1. The molecule has 1 amide bonds. The third kappa shape index (κ3) is 7.96. The minimum absolute atomic E-state index is 0.193. The molecule has 1 aliphatic carbocycles. The van der Waals surface area contributed by atoms with Crippen LogP contribution in [-0.2, 0) is 4.74 Å². The van der Waals surface area contributed by atoms with Crippen LogP contribution in [-0.4, -0.2) is 22.5 Å². The molecular formula is C11H18Cl3NO2. The Balaban J connectivity index is 2.23. The molecule has 100 valence electrons. The Labute approximate surface area is 117 Å². The van der Waals surface area contributed by atoms with Gasteiger partial charge in [-0.2, -0.15) is 0 Å². The predicted molar refractivity (Wildman–Crippen MR) is 70.9 cm³/mol. The molecule has 1 fully saturated rings. The number of halogens is 3. The monoisotopic (exact) mass is 301 g/mol. The Morgan fingerprint density at radius 3 is 2.18 bits per heavy atom. The maximum atomic E-state index is 11.4. The van der Waals surface area contributed by atoms with E-state index in [1.807, 2.05) is 0 Å². The molecule has 0 aromatic carbocycles. The number of carbonyl (C=O) groups is 1. The van der Waals surface area contributed by atoms with Gasteiger partial charge in [-0.3, -0.25) is 0 Å². The molecule has 1 N–H and O–H groups in total. The normalized spacial score (nSPS) is 19.2. The summed E-state index contributed by atoms with van der Waals surface area (Å²) >= 11 is 16.5. The largest absolute Gasteiger partial charge is 0.445 e. The molecule has 0 unspecified atom stereocenters. The van der Waals surface area contributed by atoms with Crippen molar-refractivity contribution < 1.29 is 9.53 Å². The molecular weight excluding hydrogens is 284 g/mol.